The number of hydrogen-bond donors (Lipinski definition) is 1. The summed E-state index contributed by atoms with van der Waals surface area (Å²) in [5, 5.41) is 5.85. The van der Waals surface area contributed by atoms with Crippen molar-refractivity contribution in [3.8, 4) is 0 Å². The monoisotopic (exact) mass is 449 g/mol. The van der Waals surface area contributed by atoms with Crippen LogP contribution in [0.25, 0.3) is 0 Å². The number of benzene rings is 1. The Hall–Kier alpha value is 0.0900. The number of halogens is 2. The molecule has 1 N–H and O–H groups in total. The molecule has 1 aromatic heterocycles. The third kappa shape index (κ3) is 3.80. The van der Waals surface area contributed by atoms with E-state index in [1.54, 1.807) is 0 Å². The Morgan fingerprint density at radius 3 is 2.79 bits per heavy atom. The molecule has 102 valence electrons. The molecule has 0 bridgehead atoms. The van der Waals surface area contributed by atoms with Gasteiger partial charge in [-0.1, -0.05) is 22.9 Å². The number of aryl methyl sites for hydroxylation is 1. The summed E-state index contributed by atoms with van der Waals surface area (Å²) in [6, 6.07) is 9.01. The van der Waals surface area contributed by atoms with Crippen molar-refractivity contribution < 1.29 is 0 Å². The van der Waals surface area contributed by atoms with Gasteiger partial charge in [0.1, 0.15) is 0 Å². The van der Waals surface area contributed by atoms with Crippen LogP contribution in [0.5, 0.6) is 0 Å². The molecule has 2 rings (SSSR count). The Morgan fingerprint density at radius 2 is 2.16 bits per heavy atom. The molecule has 0 saturated heterocycles. The minimum Gasteiger partial charge on any atom is -0.306 e. The van der Waals surface area contributed by atoms with E-state index in [0.717, 1.165) is 13.0 Å². The van der Waals surface area contributed by atoms with E-state index < -0.39 is 0 Å². The van der Waals surface area contributed by atoms with E-state index in [9.17, 15) is 0 Å². The van der Waals surface area contributed by atoms with Crippen molar-refractivity contribution in [2.75, 3.05) is 6.54 Å². The first-order valence-corrected chi connectivity index (χ1v) is 9.11. The van der Waals surface area contributed by atoms with E-state index in [4.69, 9.17) is 0 Å². The van der Waals surface area contributed by atoms with Gasteiger partial charge >= 0.3 is 0 Å². The Morgan fingerprint density at radius 1 is 1.37 bits per heavy atom. The van der Waals surface area contributed by atoms with E-state index in [2.05, 4.69) is 87.3 Å². The first kappa shape index (κ1) is 15.5. The number of rotatable bonds is 5. The molecule has 1 heterocycles. The Bertz CT molecular complexity index is 553. The summed E-state index contributed by atoms with van der Waals surface area (Å²) in [5.74, 6) is 0. The van der Waals surface area contributed by atoms with Crippen LogP contribution in [0.15, 0.2) is 34.1 Å². The van der Waals surface area contributed by atoms with Crippen molar-refractivity contribution in [3.05, 3.63) is 53.7 Å². The van der Waals surface area contributed by atoms with E-state index in [-0.39, 0.29) is 6.04 Å². The first-order chi connectivity index (χ1) is 9.13. The van der Waals surface area contributed by atoms with Gasteiger partial charge in [0.2, 0.25) is 0 Å². The summed E-state index contributed by atoms with van der Waals surface area (Å²) in [4.78, 5) is 1.41. The standard InChI is InChI=1S/C15H17BrINS/c1-3-7-18-14(15-10(2)6-8-19-15)12-9-11(17)4-5-13(12)16/h4-6,8-9,14,18H,3,7H2,1-2H3. The van der Waals surface area contributed by atoms with E-state index >= 15 is 0 Å². The minimum absolute atomic E-state index is 0.282. The molecule has 0 aliphatic rings. The fraction of sp³-hybridized carbons (Fsp3) is 0.333. The van der Waals surface area contributed by atoms with Crippen LogP contribution in [0.2, 0.25) is 0 Å². The Kier molecular flexibility index (Phi) is 5.87. The van der Waals surface area contributed by atoms with Gasteiger partial charge in [0, 0.05) is 12.9 Å². The lowest BCUT2D eigenvalue weighted by Gasteiger charge is -2.20. The number of hydrogen-bond acceptors (Lipinski definition) is 2. The largest absolute Gasteiger partial charge is 0.306 e. The summed E-state index contributed by atoms with van der Waals surface area (Å²) in [6.45, 7) is 5.42. The molecule has 19 heavy (non-hydrogen) atoms. The van der Waals surface area contributed by atoms with Gasteiger partial charge < -0.3 is 5.32 Å². The van der Waals surface area contributed by atoms with Gasteiger partial charge in [0.15, 0.2) is 0 Å². The molecule has 4 heteroatoms. The molecule has 1 atom stereocenters. The van der Waals surface area contributed by atoms with Crippen molar-refractivity contribution in [1.29, 1.82) is 0 Å². The molecule has 1 unspecified atom stereocenters. The van der Waals surface area contributed by atoms with Gasteiger partial charge in [-0.2, -0.15) is 0 Å². The highest BCUT2D eigenvalue weighted by atomic mass is 127. The van der Waals surface area contributed by atoms with Crippen LogP contribution in [-0.4, -0.2) is 6.54 Å². The minimum atomic E-state index is 0.282. The summed E-state index contributed by atoms with van der Waals surface area (Å²) in [7, 11) is 0. The average molecular weight is 450 g/mol. The van der Waals surface area contributed by atoms with Crippen LogP contribution in [0.1, 0.15) is 35.4 Å². The lowest BCUT2D eigenvalue weighted by Crippen LogP contribution is -2.23. The second kappa shape index (κ2) is 7.20. The second-order valence-corrected chi connectivity index (χ2v) is 7.57. The van der Waals surface area contributed by atoms with Crippen molar-refractivity contribution in [1.82, 2.24) is 5.32 Å². The third-order valence-electron chi connectivity index (χ3n) is 3.03. The molecule has 0 fully saturated rings. The normalized spacial score (nSPS) is 12.6. The second-order valence-electron chi connectivity index (χ2n) is 4.52. The summed E-state index contributed by atoms with van der Waals surface area (Å²) in [5.41, 5.74) is 2.69. The molecule has 0 aliphatic carbocycles. The van der Waals surface area contributed by atoms with E-state index in [0.29, 0.717) is 0 Å². The van der Waals surface area contributed by atoms with E-state index in [1.807, 2.05) is 11.3 Å². The number of nitrogens with one attached hydrogen (secondary N) is 1. The van der Waals surface area contributed by atoms with Crippen LogP contribution in [-0.2, 0) is 0 Å². The molecule has 0 saturated carbocycles. The SMILES string of the molecule is CCCNC(c1cc(I)ccc1Br)c1sccc1C. The van der Waals surface area contributed by atoms with Crippen molar-refractivity contribution >= 4 is 49.9 Å². The number of thiophene rings is 1. The lowest BCUT2D eigenvalue weighted by molar-refractivity contribution is 0.602. The van der Waals surface area contributed by atoms with Crippen LogP contribution in [0.4, 0.5) is 0 Å². The van der Waals surface area contributed by atoms with Gasteiger partial charge in [-0.3, -0.25) is 0 Å². The van der Waals surface area contributed by atoms with Gasteiger partial charge in [0.05, 0.1) is 6.04 Å². The van der Waals surface area contributed by atoms with Gasteiger partial charge in [-0.05, 0) is 83.3 Å². The molecule has 0 spiro atoms. The third-order valence-corrected chi connectivity index (χ3v) is 5.51. The zero-order chi connectivity index (χ0) is 13.8. The first-order valence-electron chi connectivity index (χ1n) is 6.35. The quantitative estimate of drug-likeness (QED) is 0.593. The average Bonchev–Trinajstić information content (AvgIpc) is 2.80. The topological polar surface area (TPSA) is 12.0 Å². The molecular weight excluding hydrogens is 433 g/mol. The predicted octanol–water partition coefficient (Wildman–Crippen LogP) is 5.51. The van der Waals surface area contributed by atoms with Crippen molar-refractivity contribution in [2.45, 2.75) is 26.3 Å². The van der Waals surface area contributed by atoms with Crippen molar-refractivity contribution in [2.24, 2.45) is 0 Å². The van der Waals surface area contributed by atoms with Crippen molar-refractivity contribution in [3.63, 3.8) is 0 Å². The summed E-state index contributed by atoms with van der Waals surface area (Å²) >= 11 is 7.90. The molecule has 1 nitrogen and oxygen atoms in total. The fourth-order valence-electron chi connectivity index (χ4n) is 2.05. The maximum Gasteiger partial charge on any atom is 0.0685 e. The van der Waals surface area contributed by atoms with Crippen LogP contribution in [0, 0.1) is 10.5 Å². The van der Waals surface area contributed by atoms with Gasteiger partial charge in [-0.25, -0.2) is 0 Å². The zero-order valence-electron chi connectivity index (χ0n) is 11.0. The maximum absolute atomic E-state index is 3.69. The summed E-state index contributed by atoms with van der Waals surface area (Å²) in [6.07, 6.45) is 1.14. The molecular formula is C15H17BrINS. The highest BCUT2D eigenvalue weighted by Gasteiger charge is 2.19. The van der Waals surface area contributed by atoms with Gasteiger partial charge in [0.25, 0.3) is 0 Å². The predicted molar refractivity (Wildman–Crippen MR) is 96.1 cm³/mol. The zero-order valence-corrected chi connectivity index (χ0v) is 15.6. The highest BCUT2D eigenvalue weighted by molar-refractivity contribution is 14.1. The molecule has 1 aromatic carbocycles. The molecule has 0 aliphatic heterocycles. The highest BCUT2D eigenvalue weighted by Crippen LogP contribution is 2.34. The Labute approximate surface area is 141 Å². The lowest BCUT2D eigenvalue weighted by atomic mass is 10.0. The maximum atomic E-state index is 3.69. The van der Waals surface area contributed by atoms with Gasteiger partial charge in [-0.15, -0.1) is 11.3 Å². The van der Waals surface area contributed by atoms with Crippen LogP contribution < -0.4 is 5.32 Å². The molecule has 0 amide bonds. The smallest absolute Gasteiger partial charge is 0.0685 e. The van der Waals surface area contributed by atoms with Crippen LogP contribution in [0.3, 0.4) is 0 Å². The van der Waals surface area contributed by atoms with Crippen LogP contribution >= 0.6 is 49.9 Å². The van der Waals surface area contributed by atoms with E-state index in [1.165, 1.54) is 24.0 Å². The fourth-order valence-corrected chi connectivity index (χ4v) is 4.06. The summed E-state index contributed by atoms with van der Waals surface area (Å²) < 4.78 is 2.45. The Balaban J connectivity index is 2.42. The molecule has 2 aromatic rings. The molecule has 0 radical (unpaired) electrons.